The summed E-state index contributed by atoms with van der Waals surface area (Å²) in [6.07, 6.45) is 9.11. The van der Waals surface area contributed by atoms with Gasteiger partial charge >= 0.3 is 6.09 Å². The summed E-state index contributed by atoms with van der Waals surface area (Å²) in [7, 11) is 0. The van der Waals surface area contributed by atoms with Crippen molar-refractivity contribution in [2.24, 2.45) is 5.92 Å². The van der Waals surface area contributed by atoms with E-state index in [2.05, 4.69) is 44.1 Å². The number of anilines is 3. The summed E-state index contributed by atoms with van der Waals surface area (Å²) in [6.45, 7) is 6.67. The minimum absolute atomic E-state index is 0.0987. The molecule has 0 saturated carbocycles. The van der Waals surface area contributed by atoms with Crippen LogP contribution >= 0.6 is 0 Å². The van der Waals surface area contributed by atoms with E-state index in [1.54, 1.807) is 4.90 Å². The minimum atomic E-state index is -0.844. The van der Waals surface area contributed by atoms with Gasteiger partial charge in [-0.15, -0.1) is 0 Å². The fraction of sp³-hybridized carbons (Fsp3) is 0.407. The first-order valence-electron chi connectivity index (χ1n) is 12.9. The number of aromatic nitrogens is 3. The highest BCUT2D eigenvalue weighted by Crippen LogP contribution is 2.26. The van der Waals surface area contributed by atoms with Crippen molar-refractivity contribution in [3.8, 4) is 0 Å². The van der Waals surface area contributed by atoms with Crippen molar-refractivity contribution >= 4 is 40.2 Å². The summed E-state index contributed by atoms with van der Waals surface area (Å²) in [4.78, 5) is 34.7. The Kier molecular flexibility index (Phi) is 7.43. The molecule has 3 aromatic rings. The quantitative estimate of drug-likeness (QED) is 0.397. The molecule has 2 aliphatic rings. The first-order chi connectivity index (χ1) is 18.4. The van der Waals surface area contributed by atoms with Crippen LogP contribution in [-0.4, -0.2) is 73.7 Å². The number of carbonyl (C=O) groups excluding carboxylic acids is 1. The lowest BCUT2D eigenvalue weighted by Crippen LogP contribution is -2.44. The number of carboxylic acid groups (broad SMARTS) is 1. The Morgan fingerprint density at radius 3 is 2.68 bits per heavy atom. The number of hydrogen-bond acceptors (Lipinski definition) is 6. The summed E-state index contributed by atoms with van der Waals surface area (Å²) in [5, 5.41) is 17.6. The van der Waals surface area contributed by atoms with Gasteiger partial charge in [-0.3, -0.25) is 4.79 Å². The van der Waals surface area contributed by atoms with E-state index < -0.39 is 11.9 Å². The number of piperidine rings is 2. The molecule has 1 unspecified atom stereocenters. The standard InChI is InChI=1S/C27H32FN7O3/c1-2-24(36)35-9-3-4-22(17-35)30-25-23(28)13-29-26(32-25)31-21-6-5-19-15-33(16-20(19)12-21)14-18-7-10-34(11-8-18)27(37)38/h2,5-6,12-13,15-16,18,22H,1,3-4,7-11,14,17H2,(H,37,38)(H2,29,30,31,32). The first kappa shape index (κ1) is 25.5. The van der Waals surface area contributed by atoms with E-state index >= 15 is 0 Å². The number of rotatable bonds is 7. The molecule has 5 rings (SSSR count). The van der Waals surface area contributed by atoms with Crippen LogP contribution in [0.2, 0.25) is 0 Å². The molecular formula is C27H32FN7O3. The van der Waals surface area contributed by atoms with Crippen LogP contribution in [0, 0.1) is 11.7 Å². The normalized spacial score (nSPS) is 18.4. The molecule has 0 spiro atoms. The maximum atomic E-state index is 14.5. The minimum Gasteiger partial charge on any atom is -0.465 e. The predicted octanol–water partition coefficient (Wildman–Crippen LogP) is 4.29. The monoisotopic (exact) mass is 521 g/mol. The van der Waals surface area contributed by atoms with Gasteiger partial charge in [0.1, 0.15) is 0 Å². The average molecular weight is 522 g/mol. The van der Waals surface area contributed by atoms with Gasteiger partial charge in [0.2, 0.25) is 11.9 Å². The molecule has 0 bridgehead atoms. The number of carbonyl (C=O) groups is 2. The number of benzene rings is 1. The lowest BCUT2D eigenvalue weighted by atomic mass is 9.97. The third-order valence-electron chi connectivity index (χ3n) is 7.30. The Bertz CT molecular complexity index is 1340. The summed E-state index contributed by atoms with van der Waals surface area (Å²) in [5.41, 5.74) is 0.781. The molecule has 200 valence electrons. The Hall–Kier alpha value is -4.15. The molecule has 2 fully saturated rings. The smallest absolute Gasteiger partial charge is 0.407 e. The lowest BCUT2D eigenvalue weighted by Gasteiger charge is -2.32. The summed E-state index contributed by atoms with van der Waals surface area (Å²) < 4.78 is 16.7. The van der Waals surface area contributed by atoms with Gasteiger partial charge in [-0.2, -0.15) is 4.98 Å². The number of nitrogens with zero attached hydrogens (tertiary/aromatic N) is 5. The molecule has 2 saturated heterocycles. The fourth-order valence-corrected chi connectivity index (χ4v) is 5.26. The van der Waals surface area contributed by atoms with E-state index in [0.29, 0.717) is 32.1 Å². The number of halogens is 1. The summed E-state index contributed by atoms with van der Waals surface area (Å²) in [5.74, 6) is 0.128. The molecule has 2 amide bonds. The van der Waals surface area contributed by atoms with Crippen LogP contribution < -0.4 is 10.6 Å². The number of likely N-dealkylation sites (tertiary alicyclic amines) is 2. The maximum Gasteiger partial charge on any atom is 0.407 e. The second-order valence-electron chi connectivity index (χ2n) is 10.00. The molecular weight excluding hydrogens is 489 g/mol. The highest BCUT2D eigenvalue weighted by atomic mass is 19.1. The van der Waals surface area contributed by atoms with Gasteiger partial charge < -0.3 is 30.1 Å². The van der Waals surface area contributed by atoms with Crippen LogP contribution in [0.1, 0.15) is 25.7 Å². The lowest BCUT2D eigenvalue weighted by molar-refractivity contribution is -0.127. The van der Waals surface area contributed by atoms with Crippen molar-refractivity contribution in [1.82, 2.24) is 24.3 Å². The molecule has 1 aromatic carbocycles. The zero-order chi connectivity index (χ0) is 26.6. The topological polar surface area (TPSA) is 116 Å². The van der Waals surface area contributed by atoms with E-state index in [1.807, 2.05) is 18.2 Å². The van der Waals surface area contributed by atoms with Gasteiger partial charge in [-0.05, 0) is 55.2 Å². The van der Waals surface area contributed by atoms with Gasteiger partial charge in [0.15, 0.2) is 11.6 Å². The Labute approximate surface area is 220 Å². The predicted molar refractivity (Wildman–Crippen MR) is 143 cm³/mol. The van der Waals surface area contributed by atoms with Crippen molar-refractivity contribution in [1.29, 1.82) is 0 Å². The zero-order valence-electron chi connectivity index (χ0n) is 21.1. The fourth-order valence-electron chi connectivity index (χ4n) is 5.26. The molecule has 3 N–H and O–H groups in total. The number of nitrogens with one attached hydrogen (secondary N) is 2. The maximum absolute atomic E-state index is 14.5. The van der Waals surface area contributed by atoms with Crippen molar-refractivity contribution in [3.63, 3.8) is 0 Å². The van der Waals surface area contributed by atoms with Gasteiger partial charge in [0.05, 0.1) is 6.20 Å². The van der Waals surface area contributed by atoms with Gasteiger partial charge in [-0.25, -0.2) is 14.2 Å². The third-order valence-corrected chi connectivity index (χ3v) is 7.30. The van der Waals surface area contributed by atoms with Gasteiger partial charge in [-0.1, -0.05) is 12.6 Å². The SMILES string of the molecule is C=CC(=O)N1CCCC(Nc2nc(Nc3ccc4cn(CC5CCN(C(=O)O)CC5)cc4c3)ncc2F)C1. The second-order valence-corrected chi connectivity index (χ2v) is 10.00. The number of hydrogen-bond donors (Lipinski definition) is 3. The van der Waals surface area contributed by atoms with Crippen LogP contribution in [0.25, 0.3) is 10.8 Å². The molecule has 2 aliphatic heterocycles. The van der Waals surface area contributed by atoms with E-state index in [9.17, 15) is 14.0 Å². The van der Waals surface area contributed by atoms with Crippen LogP contribution in [0.5, 0.6) is 0 Å². The largest absolute Gasteiger partial charge is 0.465 e. The molecule has 11 heteroatoms. The van der Waals surface area contributed by atoms with Gasteiger partial charge in [0, 0.05) is 62.2 Å². The molecule has 38 heavy (non-hydrogen) atoms. The Balaban J connectivity index is 1.23. The highest BCUT2D eigenvalue weighted by molar-refractivity contribution is 5.87. The summed E-state index contributed by atoms with van der Waals surface area (Å²) >= 11 is 0. The van der Waals surface area contributed by atoms with E-state index in [-0.39, 0.29) is 23.7 Å². The molecule has 1 atom stereocenters. The molecule has 0 radical (unpaired) electrons. The van der Waals surface area contributed by atoms with Crippen molar-refractivity contribution in [2.45, 2.75) is 38.3 Å². The Morgan fingerprint density at radius 2 is 1.92 bits per heavy atom. The number of amides is 2. The van der Waals surface area contributed by atoms with Crippen LogP contribution in [0.3, 0.4) is 0 Å². The average Bonchev–Trinajstić information content (AvgIpc) is 3.32. The Morgan fingerprint density at radius 1 is 1.13 bits per heavy atom. The van der Waals surface area contributed by atoms with Crippen LogP contribution in [-0.2, 0) is 11.3 Å². The van der Waals surface area contributed by atoms with E-state index in [1.165, 1.54) is 11.0 Å². The zero-order valence-corrected chi connectivity index (χ0v) is 21.1. The molecule has 10 nitrogen and oxygen atoms in total. The van der Waals surface area contributed by atoms with Crippen LogP contribution in [0.4, 0.5) is 26.6 Å². The van der Waals surface area contributed by atoms with Crippen LogP contribution in [0.15, 0.2) is 49.4 Å². The molecule has 2 aromatic heterocycles. The molecule has 4 heterocycles. The number of fused-ring (bicyclic) bond motifs is 1. The first-order valence-corrected chi connectivity index (χ1v) is 12.9. The van der Waals surface area contributed by atoms with Crippen molar-refractivity contribution < 1.29 is 19.1 Å². The third kappa shape index (κ3) is 5.87. The highest BCUT2D eigenvalue weighted by Gasteiger charge is 2.24. The summed E-state index contributed by atoms with van der Waals surface area (Å²) in [6, 6.07) is 5.82. The van der Waals surface area contributed by atoms with E-state index in [0.717, 1.165) is 54.9 Å². The van der Waals surface area contributed by atoms with E-state index in [4.69, 9.17) is 5.11 Å². The van der Waals surface area contributed by atoms with Gasteiger partial charge in [0.25, 0.3) is 0 Å². The van der Waals surface area contributed by atoms with Crippen molar-refractivity contribution in [2.75, 3.05) is 36.8 Å². The molecule has 0 aliphatic carbocycles. The second kappa shape index (κ2) is 11.1. The van der Waals surface area contributed by atoms with Crippen molar-refractivity contribution in [3.05, 3.63) is 55.3 Å².